The van der Waals surface area contributed by atoms with Gasteiger partial charge in [-0.25, -0.2) is 19.3 Å². The van der Waals surface area contributed by atoms with E-state index in [0.717, 1.165) is 12.0 Å². The van der Waals surface area contributed by atoms with Crippen molar-refractivity contribution in [1.29, 1.82) is 0 Å². The number of hydrogen-bond acceptors (Lipinski definition) is 8. The van der Waals surface area contributed by atoms with Gasteiger partial charge in [0.15, 0.2) is 12.1 Å². The van der Waals surface area contributed by atoms with Crippen LogP contribution in [0.15, 0.2) is 36.9 Å². The largest absolute Gasteiger partial charge is 0.386 e. The molecule has 2 aromatic rings. The lowest BCUT2D eigenvalue weighted by Gasteiger charge is -2.36. The van der Waals surface area contributed by atoms with Gasteiger partial charge in [0.1, 0.15) is 25.4 Å². The van der Waals surface area contributed by atoms with Crippen LogP contribution in [0.3, 0.4) is 0 Å². The normalized spacial score (nSPS) is 23.0. The average molecular weight is 448 g/mol. The SMILES string of the molecule is C[C@@H]1C[C@H](N(C)CCC(=O)N[C@H](CF)[C@H](O)c2ccc(-c3ncncn3)cc2)C[C@H](O)O1. The summed E-state index contributed by atoms with van der Waals surface area (Å²) in [4.78, 5) is 26.3. The smallest absolute Gasteiger partial charge is 0.221 e. The minimum Gasteiger partial charge on any atom is -0.386 e. The molecular weight excluding hydrogens is 417 g/mol. The summed E-state index contributed by atoms with van der Waals surface area (Å²) in [7, 11) is 1.89. The number of carbonyl (C=O) groups excluding carboxylic acids is 1. The average Bonchev–Trinajstić information content (AvgIpc) is 2.80. The predicted molar refractivity (Wildman–Crippen MR) is 115 cm³/mol. The van der Waals surface area contributed by atoms with E-state index < -0.39 is 25.1 Å². The highest BCUT2D eigenvalue weighted by Gasteiger charge is 2.29. The predicted octanol–water partition coefficient (Wildman–Crippen LogP) is 1.23. The lowest BCUT2D eigenvalue weighted by Crippen LogP contribution is -2.45. The Hall–Kier alpha value is -2.53. The molecule has 0 radical (unpaired) electrons. The summed E-state index contributed by atoms with van der Waals surface area (Å²) >= 11 is 0. The molecule has 174 valence electrons. The number of amides is 1. The first-order chi connectivity index (χ1) is 15.4. The Morgan fingerprint density at radius 1 is 1.28 bits per heavy atom. The highest BCUT2D eigenvalue weighted by Crippen LogP contribution is 2.23. The molecule has 3 N–H and O–H groups in total. The van der Waals surface area contributed by atoms with Gasteiger partial charge in [0.05, 0.1) is 12.1 Å². The third-order valence-corrected chi connectivity index (χ3v) is 5.68. The number of halogens is 1. The van der Waals surface area contributed by atoms with Gasteiger partial charge in [0.25, 0.3) is 0 Å². The van der Waals surface area contributed by atoms with Crippen LogP contribution in [0.5, 0.6) is 0 Å². The zero-order chi connectivity index (χ0) is 23.1. The first-order valence-electron chi connectivity index (χ1n) is 10.7. The molecule has 1 aromatic carbocycles. The number of rotatable bonds is 9. The molecule has 1 aliphatic rings. The van der Waals surface area contributed by atoms with Gasteiger partial charge in [-0.05, 0) is 26.0 Å². The topological polar surface area (TPSA) is 121 Å². The molecule has 0 spiro atoms. The fraction of sp³-hybridized carbons (Fsp3) is 0.545. The quantitative estimate of drug-likeness (QED) is 0.525. The summed E-state index contributed by atoms with van der Waals surface area (Å²) in [6.07, 6.45) is 2.13. The monoisotopic (exact) mass is 447 g/mol. The molecule has 0 unspecified atom stereocenters. The van der Waals surface area contributed by atoms with Crippen molar-refractivity contribution in [1.82, 2.24) is 25.2 Å². The Balaban J connectivity index is 1.52. The Kier molecular flexibility index (Phi) is 8.57. The second-order valence-corrected chi connectivity index (χ2v) is 8.11. The van der Waals surface area contributed by atoms with Crippen molar-refractivity contribution in [2.45, 2.75) is 56.8 Å². The highest BCUT2D eigenvalue weighted by molar-refractivity contribution is 5.76. The first kappa shape index (κ1) is 24.1. The third-order valence-electron chi connectivity index (χ3n) is 5.68. The van der Waals surface area contributed by atoms with Crippen LogP contribution >= 0.6 is 0 Å². The van der Waals surface area contributed by atoms with E-state index in [4.69, 9.17) is 4.74 Å². The van der Waals surface area contributed by atoms with Crippen LogP contribution in [-0.4, -0.2) is 80.7 Å². The molecule has 1 amide bonds. The molecule has 2 heterocycles. The van der Waals surface area contributed by atoms with Crippen molar-refractivity contribution >= 4 is 5.91 Å². The van der Waals surface area contributed by atoms with Crippen LogP contribution < -0.4 is 5.32 Å². The van der Waals surface area contributed by atoms with Crippen molar-refractivity contribution in [3.05, 3.63) is 42.5 Å². The Bertz CT molecular complexity index is 847. The summed E-state index contributed by atoms with van der Waals surface area (Å²) < 4.78 is 19.0. The van der Waals surface area contributed by atoms with Crippen molar-refractivity contribution < 1.29 is 24.1 Å². The fourth-order valence-corrected chi connectivity index (χ4v) is 3.84. The van der Waals surface area contributed by atoms with Crippen LogP contribution in [0.4, 0.5) is 4.39 Å². The number of benzene rings is 1. The lowest BCUT2D eigenvalue weighted by molar-refractivity contribution is -0.173. The standard InChI is InChI=1S/C22H30FN5O4/c1-14-9-17(10-20(30)32-14)28(2)8-7-19(29)27-18(11-23)21(31)15-3-5-16(6-4-15)22-25-12-24-13-26-22/h3-6,12-14,17-18,20-21,30-31H,7-11H2,1-2H3,(H,27,29)/t14-,17+,18-,20-,21-/m1/s1. The maximum Gasteiger partial charge on any atom is 0.221 e. The van der Waals surface area contributed by atoms with Crippen LogP contribution in [0.1, 0.15) is 37.9 Å². The first-order valence-corrected chi connectivity index (χ1v) is 10.7. The molecule has 9 nitrogen and oxygen atoms in total. The van der Waals surface area contributed by atoms with E-state index in [2.05, 4.69) is 20.3 Å². The van der Waals surface area contributed by atoms with Gasteiger partial charge in [-0.3, -0.25) is 4.79 Å². The van der Waals surface area contributed by atoms with Gasteiger partial charge in [0, 0.05) is 31.0 Å². The zero-order valence-corrected chi connectivity index (χ0v) is 18.3. The van der Waals surface area contributed by atoms with Crippen molar-refractivity contribution in [2.75, 3.05) is 20.3 Å². The maximum absolute atomic E-state index is 13.6. The number of aliphatic hydroxyl groups is 2. The number of aromatic nitrogens is 3. The van der Waals surface area contributed by atoms with Crippen LogP contribution in [0, 0.1) is 0 Å². The molecule has 0 aliphatic carbocycles. The third kappa shape index (κ3) is 6.49. The van der Waals surface area contributed by atoms with E-state index >= 15 is 0 Å². The highest BCUT2D eigenvalue weighted by atomic mass is 19.1. The Labute approximate surface area is 186 Å². The molecule has 0 saturated carbocycles. The molecule has 0 bridgehead atoms. The molecule has 1 aromatic heterocycles. The zero-order valence-electron chi connectivity index (χ0n) is 18.3. The minimum absolute atomic E-state index is 0.0531. The number of carbonyl (C=O) groups is 1. The summed E-state index contributed by atoms with van der Waals surface area (Å²) in [5, 5.41) is 22.9. The molecule has 1 fully saturated rings. The second-order valence-electron chi connectivity index (χ2n) is 8.11. The summed E-state index contributed by atoms with van der Waals surface area (Å²) in [6, 6.07) is 5.81. The van der Waals surface area contributed by atoms with E-state index in [1.165, 1.54) is 12.7 Å². The fourth-order valence-electron chi connectivity index (χ4n) is 3.84. The van der Waals surface area contributed by atoms with E-state index in [9.17, 15) is 19.4 Å². The molecule has 1 aliphatic heterocycles. The van der Waals surface area contributed by atoms with E-state index in [1.807, 2.05) is 18.9 Å². The summed E-state index contributed by atoms with van der Waals surface area (Å²) in [6.45, 7) is 1.45. The van der Waals surface area contributed by atoms with Gasteiger partial charge in [0.2, 0.25) is 5.91 Å². The molecule has 32 heavy (non-hydrogen) atoms. The number of hydrogen-bond donors (Lipinski definition) is 3. The van der Waals surface area contributed by atoms with Crippen molar-refractivity contribution in [2.24, 2.45) is 0 Å². The van der Waals surface area contributed by atoms with Crippen molar-refractivity contribution in [3.63, 3.8) is 0 Å². The van der Waals surface area contributed by atoms with E-state index in [1.54, 1.807) is 24.3 Å². The number of nitrogens with one attached hydrogen (secondary N) is 1. The van der Waals surface area contributed by atoms with Crippen molar-refractivity contribution in [3.8, 4) is 11.4 Å². The van der Waals surface area contributed by atoms with Gasteiger partial charge in [-0.1, -0.05) is 24.3 Å². The van der Waals surface area contributed by atoms with Gasteiger partial charge < -0.3 is 25.2 Å². The van der Waals surface area contributed by atoms with Gasteiger partial charge in [-0.2, -0.15) is 0 Å². The number of alkyl halides is 1. The summed E-state index contributed by atoms with van der Waals surface area (Å²) in [5.41, 5.74) is 1.22. The second kappa shape index (κ2) is 11.4. The van der Waals surface area contributed by atoms with E-state index in [-0.39, 0.29) is 24.5 Å². The van der Waals surface area contributed by atoms with Crippen LogP contribution in [0.25, 0.3) is 11.4 Å². The lowest BCUT2D eigenvalue weighted by atomic mass is 10.0. The van der Waals surface area contributed by atoms with E-state index in [0.29, 0.717) is 24.4 Å². The minimum atomic E-state index is -1.19. The molecule has 5 atom stereocenters. The number of aliphatic hydroxyl groups excluding tert-OH is 2. The molecular formula is C22H30FN5O4. The van der Waals surface area contributed by atoms with Gasteiger partial charge >= 0.3 is 0 Å². The number of ether oxygens (including phenoxy) is 1. The molecule has 1 saturated heterocycles. The van der Waals surface area contributed by atoms with Crippen LogP contribution in [0.2, 0.25) is 0 Å². The number of nitrogens with zero attached hydrogens (tertiary/aromatic N) is 4. The Morgan fingerprint density at radius 3 is 2.59 bits per heavy atom. The molecule has 3 rings (SSSR count). The Morgan fingerprint density at radius 2 is 1.97 bits per heavy atom. The maximum atomic E-state index is 13.6. The molecule has 10 heteroatoms. The van der Waals surface area contributed by atoms with Crippen LogP contribution in [-0.2, 0) is 9.53 Å². The summed E-state index contributed by atoms with van der Waals surface area (Å²) in [5.74, 6) is 0.146. The van der Waals surface area contributed by atoms with Gasteiger partial charge in [-0.15, -0.1) is 0 Å².